The Morgan fingerprint density at radius 2 is 2.11 bits per heavy atom. The van der Waals surface area contributed by atoms with Gasteiger partial charge in [0.15, 0.2) is 11.6 Å². The van der Waals surface area contributed by atoms with Gasteiger partial charge in [0.25, 0.3) is 5.91 Å². The standard InChI is InChI=1S/C23H27FN2O2/c1-4-28-21-10-7-15(12-19(21)24)22(27)25-16-8-9-18-17(13-16)20-6-5-11-26(20)14-23(18,2)3/h7-10,12-13,20H,4-6,11,14H2,1-3H3,(H,25,27). The highest BCUT2D eigenvalue weighted by molar-refractivity contribution is 6.04. The first-order chi connectivity index (χ1) is 13.4. The van der Waals surface area contributed by atoms with E-state index in [-0.39, 0.29) is 22.6 Å². The first kappa shape index (κ1) is 18.9. The van der Waals surface area contributed by atoms with Crippen LogP contribution in [0.4, 0.5) is 10.1 Å². The smallest absolute Gasteiger partial charge is 0.255 e. The van der Waals surface area contributed by atoms with E-state index >= 15 is 0 Å². The number of halogens is 1. The van der Waals surface area contributed by atoms with Gasteiger partial charge < -0.3 is 10.1 Å². The zero-order valence-electron chi connectivity index (χ0n) is 16.7. The van der Waals surface area contributed by atoms with Crippen molar-refractivity contribution in [2.24, 2.45) is 0 Å². The van der Waals surface area contributed by atoms with Crippen molar-refractivity contribution in [3.05, 3.63) is 58.9 Å². The second-order valence-corrected chi connectivity index (χ2v) is 8.35. The molecule has 0 spiro atoms. The molecule has 0 saturated carbocycles. The fourth-order valence-corrected chi connectivity index (χ4v) is 4.61. The second kappa shape index (κ2) is 7.21. The van der Waals surface area contributed by atoms with Gasteiger partial charge in [0.1, 0.15) is 0 Å². The van der Waals surface area contributed by atoms with Gasteiger partial charge in [-0.25, -0.2) is 4.39 Å². The maximum atomic E-state index is 14.1. The summed E-state index contributed by atoms with van der Waals surface area (Å²) in [5.41, 5.74) is 3.80. The number of nitrogens with zero attached hydrogens (tertiary/aromatic N) is 1. The van der Waals surface area contributed by atoms with E-state index in [1.54, 1.807) is 13.0 Å². The number of rotatable bonds is 4. The van der Waals surface area contributed by atoms with Crippen LogP contribution in [0.25, 0.3) is 0 Å². The van der Waals surface area contributed by atoms with Crippen LogP contribution in [0, 0.1) is 5.82 Å². The molecule has 1 amide bonds. The number of benzene rings is 2. The fraction of sp³-hybridized carbons (Fsp3) is 0.435. The average Bonchev–Trinajstić information content (AvgIpc) is 3.11. The summed E-state index contributed by atoms with van der Waals surface area (Å²) in [6.07, 6.45) is 2.37. The number of carbonyl (C=O) groups excluding carboxylic acids is 1. The second-order valence-electron chi connectivity index (χ2n) is 8.35. The van der Waals surface area contributed by atoms with Gasteiger partial charge in [0.2, 0.25) is 0 Å². The molecule has 1 saturated heterocycles. The van der Waals surface area contributed by atoms with Crippen molar-refractivity contribution in [1.82, 2.24) is 4.90 Å². The zero-order chi connectivity index (χ0) is 19.9. The largest absolute Gasteiger partial charge is 0.491 e. The Hall–Kier alpha value is -2.40. The first-order valence-electron chi connectivity index (χ1n) is 10.0. The highest BCUT2D eigenvalue weighted by atomic mass is 19.1. The highest BCUT2D eigenvalue weighted by Crippen LogP contribution is 2.45. The predicted octanol–water partition coefficient (Wildman–Crippen LogP) is 4.90. The van der Waals surface area contributed by atoms with Crippen LogP contribution in [0.15, 0.2) is 36.4 Å². The average molecular weight is 382 g/mol. The Balaban J connectivity index is 1.58. The number of hydrogen-bond acceptors (Lipinski definition) is 3. The third-order valence-corrected chi connectivity index (χ3v) is 5.85. The summed E-state index contributed by atoms with van der Waals surface area (Å²) in [6, 6.07) is 10.9. The van der Waals surface area contributed by atoms with E-state index in [1.165, 1.54) is 29.7 Å². The van der Waals surface area contributed by atoms with Crippen molar-refractivity contribution in [2.75, 3.05) is 25.0 Å². The molecule has 2 aromatic rings. The van der Waals surface area contributed by atoms with Crippen LogP contribution in [0.3, 0.4) is 0 Å². The van der Waals surface area contributed by atoms with E-state index in [1.807, 2.05) is 6.07 Å². The lowest BCUT2D eigenvalue weighted by molar-refractivity contribution is 0.102. The lowest BCUT2D eigenvalue weighted by Crippen LogP contribution is -2.42. The van der Waals surface area contributed by atoms with Crippen molar-refractivity contribution in [3.8, 4) is 5.75 Å². The van der Waals surface area contributed by atoms with Crippen LogP contribution in [-0.4, -0.2) is 30.5 Å². The summed E-state index contributed by atoms with van der Waals surface area (Å²) in [5, 5.41) is 2.93. The van der Waals surface area contributed by atoms with Crippen molar-refractivity contribution >= 4 is 11.6 Å². The molecular formula is C23H27FN2O2. The molecule has 4 rings (SSSR count). The molecule has 4 nitrogen and oxygen atoms in total. The molecule has 2 aliphatic heterocycles. The number of ether oxygens (including phenoxy) is 1. The third-order valence-electron chi connectivity index (χ3n) is 5.85. The minimum absolute atomic E-state index is 0.0942. The molecule has 0 bridgehead atoms. The minimum Gasteiger partial charge on any atom is -0.491 e. The van der Waals surface area contributed by atoms with Crippen LogP contribution in [0.5, 0.6) is 5.75 Å². The van der Waals surface area contributed by atoms with E-state index in [2.05, 4.69) is 36.2 Å². The monoisotopic (exact) mass is 382 g/mol. The van der Waals surface area contributed by atoms with Gasteiger partial charge in [-0.2, -0.15) is 0 Å². The van der Waals surface area contributed by atoms with Gasteiger partial charge in [-0.15, -0.1) is 0 Å². The molecule has 2 heterocycles. The van der Waals surface area contributed by atoms with Gasteiger partial charge in [0, 0.05) is 29.3 Å². The number of carbonyl (C=O) groups is 1. The molecule has 1 atom stereocenters. The van der Waals surface area contributed by atoms with Crippen molar-refractivity contribution in [2.45, 2.75) is 45.1 Å². The molecule has 0 aliphatic carbocycles. The van der Waals surface area contributed by atoms with Gasteiger partial charge in [-0.1, -0.05) is 19.9 Å². The number of nitrogens with one attached hydrogen (secondary N) is 1. The molecule has 1 fully saturated rings. The normalized spacial score (nSPS) is 20.4. The molecule has 2 aromatic carbocycles. The van der Waals surface area contributed by atoms with Crippen LogP contribution in [0.2, 0.25) is 0 Å². The Kier molecular flexibility index (Phi) is 4.88. The summed E-state index contributed by atoms with van der Waals surface area (Å²) in [6.45, 7) is 8.94. The van der Waals surface area contributed by atoms with E-state index < -0.39 is 5.82 Å². The third kappa shape index (κ3) is 3.39. The summed E-state index contributed by atoms with van der Waals surface area (Å²) in [4.78, 5) is 15.2. The Labute approximate surface area is 165 Å². The number of anilines is 1. The van der Waals surface area contributed by atoms with Crippen LogP contribution >= 0.6 is 0 Å². The quantitative estimate of drug-likeness (QED) is 0.817. The molecule has 5 heteroatoms. The minimum atomic E-state index is -0.525. The number of fused-ring (bicyclic) bond motifs is 3. The fourth-order valence-electron chi connectivity index (χ4n) is 4.61. The molecule has 28 heavy (non-hydrogen) atoms. The summed E-state index contributed by atoms with van der Waals surface area (Å²) in [7, 11) is 0. The Morgan fingerprint density at radius 1 is 1.29 bits per heavy atom. The summed E-state index contributed by atoms with van der Waals surface area (Å²) < 4.78 is 19.3. The van der Waals surface area contributed by atoms with Crippen molar-refractivity contribution < 1.29 is 13.9 Å². The van der Waals surface area contributed by atoms with Gasteiger partial charge in [-0.3, -0.25) is 9.69 Å². The SMILES string of the molecule is CCOc1ccc(C(=O)Nc2ccc3c(c2)C2CCCN2CC3(C)C)cc1F. The number of hydrogen-bond donors (Lipinski definition) is 1. The molecule has 1 unspecified atom stereocenters. The van der Waals surface area contributed by atoms with Crippen LogP contribution in [-0.2, 0) is 5.41 Å². The lowest BCUT2D eigenvalue weighted by atomic mass is 9.76. The maximum Gasteiger partial charge on any atom is 0.255 e. The van der Waals surface area contributed by atoms with Gasteiger partial charge in [0.05, 0.1) is 6.61 Å². The zero-order valence-corrected chi connectivity index (χ0v) is 16.7. The first-order valence-corrected chi connectivity index (χ1v) is 10.0. The lowest BCUT2D eigenvalue weighted by Gasteiger charge is -2.42. The molecule has 148 valence electrons. The molecule has 0 radical (unpaired) electrons. The highest BCUT2D eigenvalue weighted by Gasteiger charge is 2.39. The van der Waals surface area contributed by atoms with E-state index in [0.717, 1.165) is 25.2 Å². The van der Waals surface area contributed by atoms with Gasteiger partial charge >= 0.3 is 0 Å². The number of amides is 1. The summed E-state index contributed by atoms with van der Waals surface area (Å²) in [5.74, 6) is -0.681. The topological polar surface area (TPSA) is 41.6 Å². The molecule has 0 aromatic heterocycles. The molecule has 2 aliphatic rings. The van der Waals surface area contributed by atoms with Crippen LogP contribution < -0.4 is 10.1 Å². The molecule has 1 N–H and O–H groups in total. The van der Waals surface area contributed by atoms with E-state index in [9.17, 15) is 9.18 Å². The van der Waals surface area contributed by atoms with Crippen molar-refractivity contribution in [1.29, 1.82) is 0 Å². The Morgan fingerprint density at radius 3 is 2.86 bits per heavy atom. The Bertz CT molecular complexity index is 909. The molecular weight excluding hydrogens is 355 g/mol. The van der Waals surface area contributed by atoms with Gasteiger partial charge in [-0.05, 0) is 67.8 Å². The maximum absolute atomic E-state index is 14.1. The van der Waals surface area contributed by atoms with E-state index in [4.69, 9.17) is 4.74 Å². The van der Waals surface area contributed by atoms with Crippen molar-refractivity contribution in [3.63, 3.8) is 0 Å². The van der Waals surface area contributed by atoms with Crippen LogP contribution in [0.1, 0.15) is 61.1 Å². The predicted molar refractivity (Wildman–Crippen MR) is 109 cm³/mol. The van der Waals surface area contributed by atoms with E-state index in [0.29, 0.717) is 12.6 Å². The summed E-state index contributed by atoms with van der Waals surface area (Å²) >= 11 is 0.